The first-order chi connectivity index (χ1) is 11.2. The normalized spacial score (nSPS) is 14.9. The molecule has 4 heteroatoms. The van der Waals surface area contributed by atoms with Crippen molar-refractivity contribution >= 4 is 17.7 Å². The average Bonchev–Trinajstić information content (AvgIpc) is 2.61. The predicted octanol–water partition coefficient (Wildman–Crippen LogP) is 4.17. The van der Waals surface area contributed by atoms with Gasteiger partial charge in [-0.3, -0.25) is 4.79 Å². The number of hydrogen-bond acceptors (Lipinski definition) is 3. The van der Waals surface area contributed by atoms with Gasteiger partial charge in [-0.2, -0.15) is 0 Å². The molecule has 120 valence electrons. The van der Waals surface area contributed by atoms with Gasteiger partial charge in [-0.05, 0) is 67.7 Å². The van der Waals surface area contributed by atoms with E-state index in [1.165, 1.54) is 47.7 Å². The summed E-state index contributed by atoms with van der Waals surface area (Å²) in [5, 5.41) is 3.87. The molecule has 23 heavy (non-hydrogen) atoms. The highest BCUT2D eigenvalue weighted by Gasteiger charge is 2.17. The van der Waals surface area contributed by atoms with Crippen molar-refractivity contribution < 1.29 is 4.79 Å². The van der Waals surface area contributed by atoms with Crippen LogP contribution in [-0.2, 0) is 12.8 Å². The van der Waals surface area contributed by atoms with Gasteiger partial charge in [0.05, 0.1) is 11.6 Å². The zero-order valence-corrected chi connectivity index (χ0v) is 14.5. The molecule has 0 aliphatic heterocycles. The summed E-state index contributed by atoms with van der Waals surface area (Å²) in [6.07, 6.45) is 8.55. The van der Waals surface area contributed by atoms with Crippen LogP contribution >= 0.6 is 11.8 Å². The largest absolute Gasteiger partial charge is 0.345 e. The minimum atomic E-state index is -0.0623. The summed E-state index contributed by atoms with van der Waals surface area (Å²) in [6, 6.07) is 10.3. The maximum atomic E-state index is 12.5. The Balaban J connectivity index is 1.76. The number of thioether (sulfide) groups is 1. The second kappa shape index (κ2) is 7.18. The van der Waals surface area contributed by atoms with E-state index in [-0.39, 0.29) is 11.9 Å². The van der Waals surface area contributed by atoms with Gasteiger partial charge in [0, 0.05) is 6.20 Å². The highest BCUT2D eigenvalue weighted by molar-refractivity contribution is 7.98. The molecule has 3 rings (SSSR count). The number of nitrogens with zero attached hydrogens (tertiary/aromatic N) is 1. The zero-order chi connectivity index (χ0) is 16.2. The Labute approximate surface area is 141 Å². The molecule has 0 saturated heterocycles. The Morgan fingerprint density at radius 3 is 2.78 bits per heavy atom. The minimum absolute atomic E-state index is 0.00959. The number of amides is 1. The van der Waals surface area contributed by atoms with Crippen molar-refractivity contribution in [1.82, 2.24) is 10.3 Å². The fraction of sp³-hybridized carbons (Fsp3) is 0.368. The van der Waals surface area contributed by atoms with Crippen molar-refractivity contribution in [3.8, 4) is 0 Å². The van der Waals surface area contributed by atoms with Gasteiger partial charge in [0.15, 0.2) is 0 Å². The number of aromatic nitrogens is 1. The molecule has 1 heterocycles. The van der Waals surface area contributed by atoms with Crippen molar-refractivity contribution in [2.75, 3.05) is 6.26 Å². The number of hydrogen-bond donors (Lipinski definition) is 1. The van der Waals surface area contributed by atoms with Crippen LogP contribution in [0.15, 0.2) is 41.6 Å². The fourth-order valence-corrected chi connectivity index (χ4v) is 3.65. The van der Waals surface area contributed by atoms with E-state index in [0.717, 1.165) is 11.4 Å². The van der Waals surface area contributed by atoms with Gasteiger partial charge in [0.1, 0.15) is 5.03 Å². The minimum Gasteiger partial charge on any atom is -0.345 e. The SMILES string of the molecule is CSc1ncccc1C(=O)NC(C)c1ccc2c(c1)CCCC2. The maximum Gasteiger partial charge on any atom is 0.254 e. The van der Waals surface area contributed by atoms with Crippen molar-refractivity contribution in [2.45, 2.75) is 43.7 Å². The van der Waals surface area contributed by atoms with E-state index in [2.05, 4.69) is 28.5 Å². The van der Waals surface area contributed by atoms with Crippen molar-refractivity contribution in [3.63, 3.8) is 0 Å². The fourth-order valence-electron chi connectivity index (χ4n) is 3.11. The van der Waals surface area contributed by atoms with E-state index >= 15 is 0 Å². The molecule has 0 spiro atoms. The van der Waals surface area contributed by atoms with Gasteiger partial charge < -0.3 is 5.32 Å². The van der Waals surface area contributed by atoms with Crippen LogP contribution in [0.2, 0.25) is 0 Å². The van der Waals surface area contributed by atoms with Crippen LogP contribution in [0.3, 0.4) is 0 Å². The maximum absolute atomic E-state index is 12.5. The van der Waals surface area contributed by atoms with Gasteiger partial charge >= 0.3 is 0 Å². The highest BCUT2D eigenvalue weighted by atomic mass is 32.2. The molecule has 1 aromatic carbocycles. The van der Waals surface area contributed by atoms with E-state index in [4.69, 9.17) is 0 Å². The van der Waals surface area contributed by atoms with Crippen LogP contribution in [0.1, 0.15) is 52.9 Å². The third-order valence-corrected chi connectivity index (χ3v) is 5.14. The number of carbonyl (C=O) groups excluding carboxylic acids is 1. The lowest BCUT2D eigenvalue weighted by atomic mass is 9.89. The highest BCUT2D eigenvalue weighted by Crippen LogP contribution is 2.25. The van der Waals surface area contributed by atoms with Crippen molar-refractivity contribution in [3.05, 3.63) is 58.8 Å². The van der Waals surface area contributed by atoms with Gasteiger partial charge in [0.25, 0.3) is 5.91 Å². The molecular weight excluding hydrogens is 304 g/mol. The third-order valence-electron chi connectivity index (χ3n) is 4.43. The standard InChI is InChI=1S/C19H22N2OS/c1-13(15-10-9-14-6-3-4-7-16(14)12-15)21-18(22)17-8-5-11-20-19(17)23-2/h5,8-13H,3-4,6-7H2,1-2H3,(H,21,22). The Bertz CT molecular complexity index is 714. The summed E-state index contributed by atoms with van der Waals surface area (Å²) in [5.41, 5.74) is 4.73. The number of benzene rings is 1. The lowest BCUT2D eigenvalue weighted by Crippen LogP contribution is -2.27. The Hall–Kier alpha value is -1.81. The molecule has 1 amide bonds. The first kappa shape index (κ1) is 16.1. The Morgan fingerprint density at radius 2 is 2.00 bits per heavy atom. The molecule has 1 aliphatic carbocycles. The summed E-state index contributed by atoms with van der Waals surface area (Å²) in [4.78, 5) is 16.8. The molecule has 0 bridgehead atoms. The predicted molar refractivity (Wildman–Crippen MR) is 95.0 cm³/mol. The van der Waals surface area contributed by atoms with Crippen molar-refractivity contribution in [1.29, 1.82) is 0 Å². The topological polar surface area (TPSA) is 42.0 Å². The average molecular weight is 326 g/mol. The number of rotatable bonds is 4. The molecular formula is C19H22N2OS. The van der Waals surface area contributed by atoms with Gasteiger partial charge in [-0.15, -0.1) is 11.8 Å². The third kappa shape index (κ3) is 3.58. The quantitative estimate of drug-likeness (QED) is 0.857. The molecule has 1 aliphatic rings. The lowest BCUT2D eigenvalue weighted by Gasteiger charge is -2.20. The number of pyridine rings is 1. The molecule has 2 aromatic rings. The van der Waals surface area contributed by atoms with Crippen molar-refractivity contribution in [2.24, 2.45) is 0 Å². The van der Waals surface area contributed by atoms with Crippen LogP contribution in [-0.4, -0.2) is 17.1 Å². The lowest BCUT2D eigenvalue weighted by molar-refractivity contribution is 0.0936. The summed E-state index contributed by atoms with van der Waals surface area (Å²) in [7, 11) is 0. The number of fused-ring (bicyclic) bond motifs is 1. The van der Waals surface area contributed by atoms with Gasteiger partial charge in [-0.25, -0.2) is 4.98 Å². The molecule has 3 nitrogen and oxygen atoms in total. The number of carbonyl (C=O) groups is 1. The van der Waals surface area contributed by atoms with Crippen LogP contribution < -0.4 is 5.32 Å². The molecule has 0 saturated carbocycles. The molecule has 1 unspecified atom stereocenters. The summed E-state index contributed by atoms with van der Waals surface area (Å²) < 4.78 is 0. The summed E-state index contributed by atoms with van der Waals surface area (Å²) in [5.74, 6) is -0.0623. The van der Waals surface area contributed by atoms with Crippen LogP contribution in [0.4, 0.5) is 0 Å². The zero-order valence-electron chi connectivity index (χ0n) is 13.6. The number of nitrogens with one attached hydrogen (secondary N) is 1. The van der Waals surface area contributed by atoms with E-state index in [9.17, 15) is 4.79 Å². The van der Waals surface area contributed by atoms with E-state index in [1.54, 1.807) is 12.3 Å². The molecule has 1 atom stereocenters. The van der Waals surface area contributed by atoms with Crippen LogP contribution in [0.5, 0.6) is 0 Å². The van der Waals surface area contributed by atoms with Gasteiger partial charge in [-0.1, -0.05) is 18.2 Å². The van der Waals surface area contributed by atoms with Gasteiger partial charge in [0.2, 0.25) is 0 Å². The van der Waals surface area contributed by atoms with Crippen LogP contribution in [0.25, 0.3) is 0 Å². The second-order valence-electron chi connectivity index (χ2n) is 5.99. The monoisotopic (exact) mass is 326 g/mol. The molecule has 0 fully saturated rings. The second-order valence-corrected chi connectivity index (χ2v) is 6.79. The van der Waals surface area contributed by atoms with E-state index in [1.807, 2.05) is 19.2 Å². The first-order valence-corrected chi connectivity index (χ1v) is 9.33. The first-order valence-electron chi connectivity index (χ1n) is 8.10. The molecule has 1 N–H and O–H groups in total. The smallest absolute Gasteiger partial charge is 0.254 e. The Morgan fingerprint density at radius 1 is 1.22 bits per heavy atom. The summed E-state index contributed by atoms with van der Waals surface area (Å²) in [6.45, 7) is 2.04. The van der Waals surface area contributed by atoms with Crippen LogP contribution in [0, 0.1) is 0 Å². The number of aryl methyl sites for hydroxylation is 2. The summed E-state index contributed by atoms with van der Waals surface area (Å²) >= 11 is 1.49. The molecule has 0 radical (unpaired) electrons. The molecule has 1 aromatic heterocycles. The van der Waals surface area contributed by atoms with E-state index in [0.29, 0.717) is 5.56 Å². The van der Waals surface area contributed by atoms with E-state index < -0.39 is 0 Å². The Kier molecular flexibility index (Phi) is 5.01.